The first-order valence-electron chi connectivity index (χ1n) is 23.3. The second-order valence-corrected chi connectivity index (χ2v) is 18.0. The predicted molar refractivity (Wildman–Crippen MR) is 279 cm³/mol. The van der Waals surface area contributed by atoms with Gasteiger partial charge >= 0.3 is 0 Å². The van der Waals surface area contributed by atoms with Gasteiger partial charge in [-0.05, 0) is 138 Å². The molecule has 2 aliphatic carbocycles. The van der Waals surface area contributed by atoms with Crippen LogP contribution < -0.4 is 9.80 Å². The monoisotopic (exact) mass is 850 g/mol. The molecule has 14 rings (SSSR count). The fraction of sp³-hybridized carbons (Fsp3) is 0.0154. The molecule has 3 aliphatic rings. The molecule has 0 N–H and O–H groups in total. The van der Waals surface area contributed by atoms with E-state index < -0.39 is 5.41 Å². The summed E-state index contributed by atoms with van der Waals surface area (Å²) >= 11 is 0. The molecule has 11 aromatic rings. The molecule has 0 saturated carbocycles. The van der Waals surface area contributed by atoms with Gasteiger partial charge in [-0.25, -0.2) is 0 Å². The lowest BCUT2D eigenvalue weighted by Crippen LogP contribution is -2.26. The number of para-hydroxylation sites is 2. The van der Waals surface area contributed by atoms with Crippen LogP contribution in [-0.4, -0.2) is 0 Å². The van der Waals surface area contributed by atoms with Crippen molar-refractivity contribution in [3.05, 3.63) is 277 Å². The van der Waals surface area contributed by atoms with Crippen molar-refractivity contribution in [2.75, 3.05) is 9.80 Å². The summed E-state index contributed by atoms with van der Waals surface area (Å²) in [7, 11) is 0. The highest BCUT2D eigenvalue weighted by atomic mass is 15.2. The lowest BCUT2D eigenvalue weighted by Gasteiger charge is -2.34. The zero-order valence-corrected chi connectivity index (χ0v) is 36.6. The highest BCUT2D eigenvalue weighted by molar-refractivity contribution is 6.17. The number of rotatable bonds is 6. The van der Waals surface area contributed by atoms with Gasteiger partial charge in [-0.2, -0.15) is 0 Å². The first kappa shape index (κ1) is 37.6. The first-order chi connectivity index (χ1) is 33.3. The highest BCUT2D eigenvalue weighted by Gasteiger charge is 2.51. The summed E-state index contributed by atoms with van der Waals surface area (Å²) in [4.78, 5) is 4.86. The maximum atomic E-state index is 2.48. The fourth-order valence-corrected chi connectivity index (χ4v) is 11.8. The standard InChI is InChI=1S/C65H42N2/c1-3-16-43(17-4-1)44-30-34-47(35-31-44)66(49-38-39-54-53-22-9-13-27-60(53)65(61(54)42-49)58-25-11-7-20-51(58)52-21-8-12-26-59(52)65)48-36-32-45(33-37-48)50-40-41-57-55-23-10-14-28-62(55)67(46-18-5-2-6-19-46)63-29-15-24-56(50)64(57)63/h1-42H. The topological polar surface area (TPSA) is 6.48 Å². The van der Waals surface area contributed by atoms with Gasteiger partial charge in [0.1, 0.15) is 0 Å². The second-order valence-electron chi connectivity index (χ2n) is 18.0. The van der Waals surface area contributed by atoms with Gasteiger partial charge in [-0.15, -0.1) is 0 Å². The second kappa shape index (κ2) is 14.7. The average Bonchev–Trinajstić information content (AvgIpc) is 3.87. The molecule has 0 aromatic heterocycles. The summed E-state index contributed by atoms with van der Waals surface area (Å²) in [6.45, 7) is 0. The van der Waals surface area contributed by atoms with Crippen LogP contribution in [0.3, 0.4) is 0 Å². The van der Waals surface area contributed by atoms with Gasteiger partial charge in [0, 0.05) is 33.7 Å². The Labute approximate surface area is 390 Å². The lowest BCUT2D eigenvalue weighted by atomic mass is 9.70. The maximum Gasteiger partial charge on any atom is 0.0726 e. The van der Waals surface area contributed by atoms with Crippen LogP contribution in [0, 0.1) is 0 Å². The molecule has 11 aromatic carbocycles. The van der Waals surface area contributed by atoms with Crippen molar-refractivity contribution in [3.63, 3.8) is 0 Å². The molecule has 0 amide bonds. The summed E-state index contributed by atoms with van der Waals surface area (Å²) in [5.74, 6) is 0. The molecule has 0 fully saturated rings. The van der Waals surface area contributed by atoms with E-state index in [-0.39, 0.29) is 0 Å². The SMILES string of the molecule is c1ccc(-c2ccc(N(c3ccc(-c4ccc5c6c(cccc46)N(c4ccccc4)c4ccccc4-5)cc3)c3ccc4c(c3)C3(c5ccccc5-c5ccccc53)c3ccccc3-4)cc2)cc1. The van der Waals surface area contributed by atoms with E-state index in [2.05, 4.69) is 265 Å². The molecule has 2 nitrogen and oxygen atoms in total. The Morgan fingerprint density at radius 1 is 0.284 bits per heavy atom. The van der Waals surface area contributed by atoms with E-state index in [1.54, 1.807) is 0 Å². The zero-order chi connectivity index (χ0) is 44.1. The van der Waals surface area contributed by atoms with Gasteiger partial charge in [0.15, 0.2) is 0 Å². The number of hydrogen-bond acceptors (Lipinski definition) is 2. The summed E-state index contributed by atoms with van der Waals surface area (Å²) < 4.78 is 0. The Morgan fingerprint density at radius 3 is 1.39 bits per heavy atom. The Hall–Kier alpha value is -8.72. The minimum Gasteiger partial charge on any atom is -0.310 e. The van der Waals surface area contributed by atoms with Gasteiger partial charge in [0.2, 0.25) is 0 Å². The molecule has 0 radical (unpaired) electrons. The molecule has 0 unspecified atom stereocenters. The first-order valence-corrected chi connectivity index (χ1v) is 23.3. The number of benzene rings is 11. The largest absolute Gasteiger partial charge is 0.310 e. The maximum absolute atomic E-state index is 2.48. The van der Waals surface area contributed by atoms with E-state index in [4.69, 9.17) is 0 Å². The molecule has 0 atom stereocenters. The van der Waals surface area contributed by atoms with E-state index in [0.29, 0.717) is 0 Å². The van der Waals surface area contributed by atoms with Crippen LogP contribution in [0.2, 0.25) is 0 Å². The molecule has 312 valence electrons. The van der Waals surface area contributed by atoms with Crippen molar-refractivity contribution < 1.29 is 0 Å². The van der Waals surface area contributed by atoms with Crippen LogP contribution in [0.25, 0.3) is 66.4 Å². The molecule has 67 heavy (non-hydrogen) atoms. The summed E-state index contributed by atoms with van der Waals surface area (Å²) in [5, 5.41) is 2.52. The Bertz CT molecular complexity index is 3680. The van der Waals surface area contributed by atoms with Gasteiger partial charge < -0.3 is 9.80 Å². The van der Waals surface area contributed by atoms with E-state index >= 15 is 0 Å². The van der Waals surface area contributed by atoms with Gasteiger partial charge in [-0.3, -0.25) is 0 Å². The van der Waals surface area contributed by atoms with E-state index in [0.717, 1.165) is 22.7 Å². The van der Waals surface area contributed by atoms with Crippen LogP contribution >= 0.6 is 0 Å². The van der Waals surface area contributed by atoms with Crippen molar-refractivity contribution in [2.24, 2.45) is 0 Å². The third-order valence-electron chi connectivity index (χ3n) is 14.6. The van der Waals surface area contributed by atoms with Crippen molar-refractivity contribution in [3.8, 4) is 55.6 Å². The molecule has 1 aliphatic heterocycles. The molecule has 0 bridgehead atoms. The van der Waals surface area contributed by atoms with Crippen molar-refractivity contribution in [2.45, 2.75) is 5.41 Å². The summed E-state index contributed by atoms with van der Waals surface area (Å²) in [6, 6.07) is 94.2. The molecular formula is C65H42N2. The molecule has 1 heterocycles. The normalized spacial score (nSPS) is 13.2. The minimum absolute atomic E-state index is 0.437. The molecular weight excluding hydrogens is 809 g/mol. The van der Waals surface area contributed by atoms with Crippen LogP contribution in [0.15, 0.2) is 255 Å². The number of fused-ring (bicyclic) bond motifs is 12. The van der Waals surface area contributed by atoms with Crippen LogP contribution in [0.1, 0.15) is 22.3 Å². The van der Waals surface area contributed by atoms with Gasteiger partial charge in [0.25, 0.3) is 0 Å². The van der Waals surface area contributed by atoms with E-state index in [9.17, 15) is 0 Å². The lowest BCUT2D eigenvalue weighted by molar-refractivity contribution is 0.793. The fourth-order valence-electron chi connectivity index (χ4n) is 11.8. The third-order valence-corrected chi connectivity index (χ3v) is 14.6. The highest BCUT2D eigenvalue weighted by Crippen LogP contribution is 2.63. The average molecular weight is 851 g/mol. The Balaban J connectivity index is 0.935. The Kier molecular flexibility index (Phi) is 8.23. The van der Waals surface area contributed by atoms with E-state index in [1.165, 1.54) is 100 Å². The van der Waals surface area contributed by atoms with E-state index in [1.807, 2.05) is 0 Å². The van der Waals surface area contributed by atoms with Crippen LogP contribution in [0.4, 0.5) is 34.1 Å². The molecule has 1 spiro atoms. The third kappa shape index (κ3) is 5.45. The van der Waals surface area contributed by atoms with Crippen LogP contribution in [0.5, 0.6) is 0 Å². The van der Waals surface area contributed by atoms with Crippen molar-refractivity contribution in [1.82, 2.24) is 0 Å². The Morgan fingerprint density at radius 2 is 0.746 bits per heavy atom. The summed E-state index contributed by atoms with van der Waals surface area (Å²) in [5.41, 5.74) is 24.3. The summed E-state index contributed by atoms with van der Waals surface area (Å²) in [6.07, 6.45) is 0. The van der Waals surface area contributed by atoms with Gasteiger partial charge in [0.05, 0.1) is 16.8 Å². The molecule has 2 heteroatoms. The van der Waals surface area contributed by atoms with Gasteiger partial charge in [-0.1, -0.05) is 194 Å². The number of hydrogen-bond donors (Lipinski definition) is 0. The quantitative estimate of drug-likeness (QED) is 0.164. The number of nitrogens with zero attached hydrogens (tertiary/aromatic N) is 2. The smallest absolute Gasteiger partial charge is 0.0726 e. The number of anilines is 6. The molecule has 0 saturated heterocycles. The predicted octanol–water partition coefficient (Wildman–Crippen LogP) is 17.4. The minimum atomic E-state index is -0.437. The van der Waals surface area contributed by atoms with Crippen molar-refractivity contribution >= 4 is 44.9 Å². The van der Waals surface area contributed by atoms with Crippen LogP contribution in [-0.2, 0) is 5.41 Å². The zero-order valence-electron chi connectivity index (χ0n) is 36.6. The van der Waals surface area contributed by atoms with Crippen molar-refractivity contribution in [1.29, 1.82) is 0 Å².